The van der Waals surface area contributed by atoms with Crippen molar-refractivity contribution in [3.8, 4) is 0 Å². The molecule has 3 aromatic rings. The van der Waals surface area contributed by atoms with Crippen LogP contribution in [0.25, 0.3) is 10.8 Å². The van der Waals surface area contributed by atoms with E-state index in [4.69, 9.17) is 0 Å². The van der Waals surface area contributed by atoms with Crippen molar-refractivity contribution in [1.29, 1.82) is 0 Å². The summed E-state index contributed by atoms with van der Waals surface area (Å²) < 4.78 is 40.7. The summed E-state index contributed by atoms with van der Waals surface area (Å²) in [4.78, 5) is 17.8. The fourth-order valence-electron chi connectivity index (χ4n) is 4.88. The molecule has 1 aliphatic carbocycles. The first-order valence-corrected chi connectivity index (χ1v) is 11.5. The highest BCUT2D eigenvalue weighted by Gasteiger charge is 2.47. The van der Waals surface area contributed by atoms with Crippen molar-refractivity contribution in [2.75, 3.05) is 32.1 Å². The molecule has 1 aliphatic heterocycles. The number of benzene rings is 3. The topological polar surface area (TPSA) is 35.6 Å². The van der Waals surface area contributed by atoms with Gasteiger partial charge in [0.2, 0.25) is 0 Å². The fourth-order valence-corrected chi connectivity index (χ4v) is 4.88. The molecule has 0 bridgehead atoms. The fraction of sp³-hybridized carbons (Fsp3) is 0.370. The Bertz CT molecular complexity index is 1260. The molecular formula is C27H28F3N3O. The van der Waals surface area contributed by atoms with Gasteiger partial charge >= 0.3 is 6.18 Å². The Balaban J connectivity index is 1.43. The van der Waals surface area contributed by atoms with E-state index >= 15 is 0 Å². The van der Waals surface area contributed by atoms with Crippen LogP contribution in [0, 0.1) is 6.92 Å². The molecule has 7 heteroatoms. The summed E-state index contributed by atoms with van der Waals surface area (Å²) in [5, 5.41) is 3.88. The van der Waals surface area contributed by atoms with Crippen molar-refractivity contribution in [2.24, 2.45) is 0 Å². The average molecular weight is 468 g/mol. The zero-order valence-corrected chi connectivity index (χ0v) is 19.5. The van der Waals surface area contributed by atoms with E-state index in [9.17, 15) is 18.0 Å². The van der Waals surface area contributed by atoms with Gasteiger partial charge in [-0.2, -0.15) is 13.2 Å². The molecule has 0 atom stereocenters. The van der Waals surface area contributed by atoms with Crippen LogP contribution >= 0.6 is 0 Å². The van der Waals surface area contributed by atoms with Crippen LogP contribution in [0.15, 0.2) is 54.6 Å². The quantitative estimate of drug-likeness (QED) is 0.551. The minimum absolute atomic E-state index is 0.166. The summed E-state index contributed by atoms with van der Waals surface area (Å²) in [7, 11) is 4.13. The van der Waals surface area contributed by atoms with Gasteiger partial charge in [0.1, 0.15) is 0 Å². The molecule has 0 aromatic heterocycles. The Morgan fingerprint density at radius 2 is 1.71 bits per heavy atom. The van der Waals surface area contributed by atoms with Gasteiger partial charge in [-0.3, -0.25) is 4.79 Å². The minimum Gasteiger partial charge on any atom is -0.368 e. The van der Waals surface area contributed by atoms with Crippen LogP contribution in [0.3, 0.4) is 0 Å². The molecule has 4 nitrogen and oxygen atoms in total. The lowest BCUT2D eigenvalue weighted by Gasteiger charge is -2.44. The van der Waals surface area contributed by atoms with Crippen molar-refractivity contribution in [3.05, 3.63) is 76.9 Å². The maximum absolute atomic E-state index is 13.6. The second kappa shape index (κ2) is 8.01. The van der Waals surface area contributed by atoms with Crippen LogP contribution in [-0.2, 0) is 11.7 Å². The molecule has 2 aliphatic rings. The molecular weight excluding hydrogens is 439 g/mol. The van der Waals surface area contributed by atoms with E-state index in [1.165, 1.54) is 12.1 Å². The lowest BCUT2D eigenvalue weighted by Crippen LogP contribution is -2.57. The number of rotatable bonds is 5. The largest absolute Gasteiger partial charge is 0.417 e. The number of carbonyl (C=O) groups is 1. The van der Waals surface area contributed by atoms with E-state index in [2.05, 4.69) is 29.2 Å². The van der Waals surface area contributed by atoms with Crippen molar-refractivity contribution in [3.63, 3.8) is 0 Å². The summed E-state index contributed by atoms with van der Waals surface area (Å²) in [5.74, 6) is -0.189. The van der Waals surface area contributed by atoms with Crippen LogP contribution in [0.1, 0.15) is 39.9 Å². The van der Waals surface area contributed by atoms with Crippen LogP contribution in [0.5, 0.6) is 0 Å². The second-order valence-electron chi connectivity index (χ2n) is 9.76. The van der Waals surface area contributed by atoms with Crippen LogP contribution in [0.2, 0.25) is 0 Å². The molecule has 5 rings (SSSR count). The standard InChI is InChI=1S/C27H28F3N3O/c1-17-8-9-18(33-15-19(16-33)32(2)3)14-22(17)25(34)31-26(12-13-26)23-10-11-24(27(28,29)30)21-7-5-4-6-20(21)23/h4-11,14,19H,12-13,15-16H2,1-3H3,(H,31,34). The monoisotopic (exact) mass is 467 g/mol. The van der Waals surface area contributed by atoms with E-state index in [-0.39, 0.29) is 11.3 Å². The highest BCUT2D eigenvalue weighted by molar-refractivity contribution is 5.98. The van der Waals surface area contributed by atoms with Gasteiger partial charge < -0.3 is 15.1 Å². The molecule has 0 unspecified atom stereocenters. The molecule has 0 radical (unpaired) electrons. The van der Waals surface area contributed by atoms with Crippen LogP contribution in [-0.4, -0.2) is 44.0 Å². The summed E-state index contributed by atoms with van der Waals surface area (Å²) in [5.41, 5.74) is 1.94. The number of nitrogens with zero attached hydrogens (tertiary/aromatic N) is 2. The van der Waals surface area contributed by atoms with Gasteiger partial charge in [-0.25, -0.2) is 0 Å². The van der Waals surface area contributed by atoms with Crippen LogP contribution in [0.4, 0.5) is 18.9 Å². The smallest absolute Gasteiger partial charge is 0.368 e. The lowest BCUT2D eigenvalue weighted by molar-refractivity contribution is -0.136. The number of alkyl halides is 3. The normalized spacial score (nSPS) is 17.7. The summed E-state index contributed by atoms with van der Waals surface area (Å²) in [6.07, 6.45) is -3.04. The summed E-state index contributed by atoms with van der Waals surface area (Å²) in [6, 6.07) is 15.7. The Morgan fingerprint density at radius 3 is 2.32 bits per heavy atom. The Kier molecular flexibility index (Phi) is 5.35. The predicted molar refractivity (Wildman–Crippen MR) is 128 cm³/mol. The highest BCUT2D eigenvalue weighted by atomic mass is 19.4. The van der Waals surface area contributed by atoms with Gasteiger partial charge in [-0.05, 0) is 74.0 Å². The minimum atomic E-state index is -4.43. The first kappa shape index (κ1) is 22.7. The molecule has 3 aromatic carbocycles. The molecule has 2 fully saturated rings. The van der Waals surface area contributed by atoms with Crippen molar-refractivity contribution in [1.82, 2.24) is 10.2 Å². The maximum atomic E-state index is 13.6. The van der Waals surface area contributed by atoms with Gasteiger partial charge in [0.25, 0.3) is 5.91 Å². The number of nitrogens with one attached hydrogen (secondary N) is 1. The highest BCUT2D eigenvalue weighted by Crippen LogP contribution is 2.49. The first-order valence-electron chi connectivity index (χ1n) is 11.5. The zero-order valence-electron chi connectivity index (χ0n) is 19.5. The molecule has 178 valence electrons. The van der Waals surface area contributed by atoms with Gasteiger partial charge in [0, 0.05) is 30.4 Å². The Labute approximate surface area is 197 Å². The number of fused-ring (bicyclic) bond motifs is 1. The van der Waals surface area contributed by atoms with E-state index in [1.807, 2.05) is 25.1 Å². The molecule has 1 amide bonds. The molecule has 34 heavy (non-hydrogen) atoms. The SMILES string of the molecule is Cc1ccc(N2CC(N(C)C)C2)cc1C(=O)NC1(c2ccc(C(F)(F)F)c3ccccc23)CC1. The zero-order chi connectivity index (χ0) is 24.3. The van der Waals surface area contributed by atoms with E-state index < -0.39 is 17.3 Å². The number of anilines is 1. The molecule has 1 N–H and O–H groups in total. The van der Waals surface area contributed by atoms with Gasteiger partial charge in [0.15, 0.2) is 0 Å². The second-order valence-corrected chi connectivity index (χ2v) is 9.76. The Hall–Kier alpha value is -3.06. The number of likely N-dealkylation sites (N-methyl/N-ethyl adjacent to an activating group) is 1. The summed E-state index contributed by atoms with van der Waals surface area (Å²) >= 11 is 0. The molecule has 1 saturated carbocycles. The van der Waals surface area contributed by atoms with Crippen molar-refractivity contribution in [2.45, 2.75) is 37.5 Å². The molecule has 1 heterocycles. The summed E-state index contributed by atoms with van der Waals surface area (Å²) in [6.45, 7) is 3.74. The molecule has 1 saturated heterocycles. The number of carbonyl (C=O) groups excluding carboxylic acids is 1. The third kappa shape index (κ3) is 3.92. The number of aryl methyl sites for hydroxylation is 1. The third-order valence-electron chi connectivity index (χ3n) is 7.27. The molecule has 0 spiro atoms. The van der Waals surface area contributed by atoms with Crippen molar-refractivity contribution >= 4 is 22.4 Å². The number of hydrogen-bond donors (Lipinski definition) is 1. The van der Waals surface area contributed by atoms with Gasteiger partial charge in [0.05, 0.1) is 11.1 Å². The maximum Gasteiger partial charge on any atom is 0.417 e. The predicted octanol–water partition coefficient (Wildman–Crippen LogP) is 5.34. The number of amides is 1. The number of hydrogen-bond acceptors (Lipinski definition) is 3. The Morgan fingerprint density at radius 1 is 1.03 bits per heavy atom. The first-order chi connectivity index (χ1) is 16.1. The van der Waals surface area contributed by atoms with Crippen molar-refractivity contribution < 1.29 is 18.0 Å². The van der Waals surface area contributed by atoms with Gasteiger partial charge in [-0.1, -0.05) is 36.4 Å². The lowest BCUT2D eigenvalue weighted by atomic mass is 9.93. The third-order valence-corrected chi connectivity index (χ3v) is 7.27. The van der Waals surface area contributed by atoms with E-state index in [0.29, 0.717) is 29.8 Å². The van der Waals surface area contributed by atoms with E-state index in [1.54, 1.807) is 18.2 Å². The van der Waals surface area contributed by atoms with E-state index in [0.717, 1.165) is 36.0 Å². The number of halogens is 3. The van der Waals surface area contributed by atoms with Gasteiger partial charge in [-0.15, -0.1) is 0 Å². The van der Waals surface area contributed by atoms with Crippen LogP contribution < -0.4 is 10.2 Å². The average Bonchev–Trinajstić information content (AvgIpc) is 3.52.